The minimum atomic E-state index is -0.969. The van der Waals surface area contributed by atoms with Crippen LogP contribution in [0.1, 0.15) is 21.7 Å². The normalized spacial score (nSPS) is 10.8. The molecular formula is C15H17NO4. The number of carboxylic acids is 1. The summed E-state index contributed by atoms with van der Waals surface area (Å²) < 4.78 is 10.4. The van der Waals surface area contributed by atoms with Crippen LogP contribution in [-0.2, 0) is 13.1 Å². The van der Waals surface area contributed by atoms with Crippen molar-refractivity contribution in [2.45, 2.75) is 13.1 Å². The topological polar surface area (TPSA) is 62.9 Å². The maximum atomic E-state index is 11.0. The number of methoxy groups -OCH3 is 1. The molecule has 5 nitrogen and oxygen atoms in total. The number of benzene rings is 1. The fourth-order valence-corrected chi connectivity index (χ4v) is 2.04. The molecule has 2 rings (SSSR count). The maximum absolute atomic E-state index is 11.0. The molecule has 1 heterocycles. The summed E-state index contributed by atoms with van der Waals surface area (Å²) in [5, 5.41) is 9.03. The van der Waals surface area contributed by atoms with Crippen LogP contribution < -0.4 is 4.74 Å². The second-order valence-corrected chi connectivity index (χ2v) is 4.59. The van der Waals surface area contributed by atoms with Crippen LogP contribution in [0.4, 0.5) is 0 Å². The third-order valence-corrected chi connectivity index (χ3v) is 2.98. The molecule has 1 aromatic carbocycles. The molecule has 0 aliphatic heterocycles. The third kappa shape index (κ3) is 3.39. The average molecular weight is 275 g/mol. The van der Waals surface area contributed by atoms with Gasteiger partial charge in [0, 0.05) is 6.54 Å². The van der Waals surface area contributed by atoms with Crippen LogP contribution in [-0.4, -0.2) is 30.1 Å². The summed E-state index contributed by atoms with van der Waals surface area (Å²) in [7, 11) is 3.54. The molecule has 0 saturated carbocycles. The minimum absolute atomic E-state index is 0.211. The first-order chi connectivity index (χ1) is 9.60. The SMILES string of the molecule is COc1cccc(CN(C)Cc2occc2C(=O)O)c1. The van der Waals surface area contributed by atoms with Crippen molar-refractivity contribution in [1.29, 1.82) is 0 Å². The Balaban J connectivity index is 2.03. The lowest BCUT2D eigenvalue weighted by atomic mass is 10.2. The van der Waals surface area contributed by atoms with Gasteiger partial charge in [-0.3, -0.25) is 4.90 Å². The Kier molecular flexibility index (Phi) is 4.42. The Bertz CT molecular complexity index is 591. The van der Waals surface area contributed by atoms with E-state index in [1.807, 2.05) is 36.2 Å². The number of furan rings is 1. The zero-order chi connectivity index (χ0) is 14.5. The van der Waals surface area contributed by atoms with Crippen molar-refractivity contribution in [2.24, 2.45) is 0 Å². The van der Waals surface area contributed by atoms with Crippen LogP contribution in [0.5, 0.6) is 5.75 Å². The molecule has 0 saturated heterocycles. The van der Waals surface area contributed by atoms with Crippen molar-refractivity contribution in [3.63, 3.8) is 0 Å². The highest BCUT2D eigenvalue weighted by molar-refractivity contribution is 5.88. The molecule has 0 fully saturated rings. The monoisotopic (exact) mass is 275 g/mol. The van der Waals surface area contributed by atoms with E-state index in [1.54, 1.807) is 7.11 Å². The molecule has 0 amide bonds. The van der Waals surface area contributed by atoms with Crippen LogP contribution >= 0.6 is 0 Å². The van der Waals surface area contributed by atoms with E-state index < -0.39 is 5.97 Å². The van der Waals surface area contributed by atoms with E-state index in [-0.39, 0.29) is 5.56 Å². The Morgan fingerprint density at radius 2 is 2.15 bits per heavy atom. The van der Waals surface area contributed by atoms with Gasteiger partial charge in [-0.2, -0.15) is 0 Å². The number of ether oxygens (including phenoxy) is 1. The smallest absolute Gasteiger partial charge is 0.339 e. The Morgan fingerprint density at radius 3 is 2.85 bits per heavy atom. The van der Waals surface area contributed by atoms with Gasteiger partial charge in [0.25, 0.3) is 0 Å². The molecule has 0 radical (unpaired) electrons. The quantitative estimate of drug-likeness (QED) is 0.878. The Labute approximate surface area is 117 Å². The fraction of sp³-hybridized carbons (Fsp3) is 0.267. The fourth-order valence-electron chi connectivity index (χ4n) is 2.04. The van der Waals surface area contributed by atoms with Gasteiger partial charge in [-0.05, 0) is 30.8 Å². The highest BCUT2D eigenvalue weighted by atomic mass is 16.5. The summed E-state index contributed by atoms with van der Waals surface area (Å²) in [5.41, 5.74) is 1.30. The van der Waals surface area contributed by atoms with Gasteiger partial charge in [-0.15, -0.1) is 0 Å². The van der Waals surface area contributed by atoms with E-state index in [4.69, 9.17) is 14.3 Å². The first kappa shape index (κ1) is 14.1. The molecule has 1 N–H and O–H groups in total. The lowest BCUT2D eigenvalue weighted by Gasteiger charge is -2.16. The molecule has 0 aliphatic rings. The lowest BCUT2D eigenvalue weighted by molar-refractivity contribution is 0.0693. The molecular weight excluding hydrogens is 258 g/mol. The van der Waals surface area contributed by atoms with Gasteiger partial charge in [-0.1, -0.05) is 12.1 Å². The molecule has 0 atom stereocenters. The standard InChI is InChI=1S/C15H17NO4/c1-16(9-11-4-3-5-12(8-11)19-2)10-14-13(15(17)18)6-7-20-14/h3-8H,9-10H2,1-2H3,(H,17,18). The van der Waals surface area contributed by atoms with E-state index in [9.17, 15) is 4.79 Å². The third-order valence-electron chi connectivity index (χ3n) is 2.98. The molecule has 0 aliphatic carbocycles. The number of hydrogen-bond donors (Lipinski definition) is 1. The zero-order valence-corrected chi connectivity index (χ0v) is 11.5. The molecule has 2 aromatic rings. The molecule has 0 unspecified atom stereocenters. The minimum Gasteiger partial charge on any atom is -0.497 e. The molecule has 0 spiro atoms. The summed E-state index contributed by atoms with van der Waals surface area (Å²) in [6, 6.07) is 9.24. The van der Waals surface area contributed by atoms with Crippen LogP contribution in [0.25, 0.3) is 0 Å². The van der Waals surface area contributed by atoms with Gasteiger partial charge in [0.2, 0.25) is 0 Å². The number of hydrogen-bond acceptors (Lipinski definition) is 4. The number of carbonyl (C=O) groups is 1. The van der Waals surface area contributed by atoms with Crippen molar-refractivity contribution < 1.29 is 19.1 Å². The van der Waals surface area contributed by atoms with Gasteiger partial charge in [0.05, 0.1) is 19.9 Å². The summed E-state index contributed by atoms with van der Waals surface area (Å²) in [5.74, 6) is 0.298. The van der Waals surface area contributed by atoms with E-state index in [0.29, 0.717) is 18.8 Å². The van der Waals surface area contributed by atoms with E-state index in [0.717, 1.165) is 11.3 Å². The van der Waals surface area contributed by atoms with Crippen molar-refractivity contribution in [3.05, 3.63) is 53.5 Å². The number of carboxylic acid groups (broad SMARTS) is 1. The van der Waals surface area contributed by atoms with E-state index in [1.165, 1.54) is 12.3 Å². The number of aromatic carboxylic acids is 1. The van der Waals surface area contributed by atoms with Crippen LogP contribution in [0.15, 0.2) is 41.0 Å². The van der Waals surface area contributed by atoms with Crippen LogP contribution in [0, 0.1) is 0 Å². The predicted octanol–water partition coefficient (Wildman–Crippen LogP) is 2.62. The maximum Gasteiger partial charge on any atom is 0.339 e. The van der Waals surface area contributed by atoms with Crippen molar-refractivity contribution in [1.82, 2.24) is 4.90 Å². The number of rotatable bonds is 6. The molecule has 5 heteroatoms. The second-order valence-electron chi connectivity index (χ2n) is 4.59. The van der Waals surface area contributed by atoms with Gasteiger partial charge >= 0.3 is 5.97 Å². The molecule has 106 valence electrons. The first-order valence-corrected chi connectivity index (χ1v) is 6.21. The Morgan fingerprint density at radius 1 is 1.35 bits per heavy atom. The van der Waals surface area contributed by atoms with E-state index >= 15 is 0 Å². The van der Waals surface area contributed by atoms with Gasteiger partial charge in [0.15, 0.2) is 0 Å². The average Bonchev–Trinajstić information content (AvgIpc) is 2.87. The van der Waals surface area contributed by atoms with Gasteiger partial charge in [-0.25, -0.2) is 4.79 Å². The molecule has 0 bridgehead atoms. The van der Waals surface area contributed by atoms with Crippen LogP contribution in [0.3, 0.4) is 0 Å². The summed E-state index contributed by atoms with van der Waals surface area (Å²) in [6.45, 7) is 1.11. The molecule has 1 aromatic heterocycles. The highest BCUT2D eigenvalue weighted by Gasteiger charge is 2.15. The summed E-state index contributed by atoms with van der Waals surface area (Å²) in [6.07, 6.45) is 1.40. The second kappa shape index (κ2) is 6.25. The number of nitrogens with zero attached hydrogens (tertiary/aromatic N) is 1. The largest absolute Gasteiger partial charge is 0.497 e. The van der Waals surface area contributed by atoms with Crippen molar-refractivity contribution in [2.75, 3.05) is 14.2 Å². The lowest BCUT2D eigenvalue weighted by Crippen LogP contribution is -2.18. The van der Waals surface area contributed by atoms with Crippen molar-refractivity contribution >= 4 is 5.97 Å². The first-order valence-electron chi connectivity index (χ1n) is 6.21. The van der Waals surface area contributed by atoms with Crippen molar-refractivity contribution in [3.8, 4) is 5.75 Å². The highest BCUT2D eigenvalue weighted by Crippen LogP contribution is 2.17. The summed E-state index contributed by atoms with van der Waals surface area (Å²) in [4.78, 5) is 13.0. The van der Waals surface area contributed by atoms with Crippen LogP contribution in [0.2, 0.25) is 0 Å². The Hall–Kier alpha value is -2.27. The molecule has 20 heavy (non-hydrogen) atoms. The predicted molar refractivity (Wildman–Crippen MR) is 73.8 cm³/mol. The van der Waals surface area contributed by atoms with Gasteiger partial charge < -0.3 is 14.3 Å². The van der Waals surface area contributed by atoms with Gasteiger partial charge in [0.1, 0.15) is 17.1 Å². The van der Waals surface area contributed by atoms with E-state index in [2.05, 4.69) is 0 Å². The summed E-state index contributed by atoms with van der Waals surface area (Å²) >= 11 is 0. The zero-order valence-electron chi connectivity index (χ0n) is 11.5.